The average Bonchev–Trinajstić information content (AvgIpc) is 2.43. The number of ether oxygens (including phenoxy) is 2. The van der Waals surface area contributed by atoms with Gasteiger partial charge < -0.3 is 14.4 Å². The zero-order valence-electron chi connectivity index (χ0n) is 11.8. The summed E-state index contributed by atoms with van der Waals surface area (Å²) in [6.45, 7) is 4.60. The summed E-state index contributed by atoms with van der Waals surface area (Å²) in [7, 11) is 2.00. The first-order valence-corrected chi connectivity index (χ1v) is 6.74. The van der Waals surface area contributed by atoms with E-state index in [1.807, 2.05) is 44.3 Å². The van der Waals surface area contributed by atoms with Gasteiger partial charge in [0.1, 0.15) is 5.75 Å². The molecule has 1 aromatic carbocycles. The van der Waals surface area contributed by atoms with E-state index in [1.54, 1.807) is 0 Å². The molecule has 0 heterocycles. The van der Waals surface area contributed by atoms with E-state index in [2.05, 4.69) is 4.90 Å². The number of carbonyl (C=O) groups is 1. The zero-order chi connectivity index (χ0) is 13.9. The maximum atomic E-state index is 11.2. The summed E-state index contributed by atoms with van der Waals surface area (Å²) < 4.78 is 10.5. The van der Waals surface area contributed by atoms with Crippen molar-refractivity contribution in [2.45, 2.75) is 19.8 Å². The summed E-state index contributed by atoms with van der Waals surface area (Å²) in [5.74, 6) is 0.770. The highest BCUT2D eigenvalue weighted by atomic mass is 16.5. The van der Waals surface area contributed by atoms with Crippen molar-refractivity contribution in [1.82, 2.24) is 4.90 Å². The zero-order valence-corrected chi connectivity index (χ0v) is 11.8. The Bertz CT molecular complexity index is 354. The normalized spacial score (nSPS) is 10.5. The van der Waals surface area contributed by atoms with Gasteiger partial charge in [0.15, 0.2) is 0 Å². The third-order valence-electron chi connectivity index (χ3n) is 2.70. The van der Waals surface area contributed by atoms with Crippen molar-refractivity contribution in [3.05, 3.63) is 30.3 Å². The van der Waals surface area contributed by atoms with Crippen molar-refractivity contribution in [3.63, 3.8) is 0 Å². The first kappa shape index (κ1) is 15.5. The van der Waals surface area contributed by atoms with Gasteiger partial charge in [0, 0.05) is 13.1 Å². The highest BCUT2D eigenvalue weighted by Gasteiger charge is 2.04. The van der Waals surface area contributed by atoms with Crippen LogP contribution in [-0.4, -0.2) is 44.2 Å². The fraction of sp³-hybridized carbons (Fsp3) is 0.533. The first-order valence-electron chi connectivity index (χ1n) is 6.74. The van der Waals surface area contributed by atoms with Crippen molar-refractivity contribution in [2.24, 2.45) is 0 Å². The fourth-order valence-corrected chi connectivity index (χ4v) is 1.67. The smallest absolute Gasteiger partial charge is 0.307 e. The predicted octanol–water partition coefficient (Wildman–Crippen LogP) is 2.34. The van der Waals surface area contributed by atoms with Crippen molar-refractivity contribution in [2.75, 3.05) is 33.4 Å². The van der Waals surface area contributed by atoms with Gasteiger partial charge in [-0.2, -0.15) is 0 Å². The molecule has 0 aromatic heterocycles. The minimum atomic E-state index is -0.130. The molecule has 1 rings (SSSR count). The second-order valence-electron chi connectivity index (χ2n) is 4.37. The molecule has 0 saturated heterocycles. The average molecular weight is 265 g/mol. The Morgan fingerprint density at radius 3 is 2.63 bits per heavy atom. The maximum Gasteiger partial charge on any atom is 0.307 e. The monoisotopic (exact) mass is 265 g/mol. The molecule has 0 saturated carbocycles. The number of rotatable bonds is 9. The highest BCUT2D eigenvalue weighted by molar-refractivity contribution is 5.69. The SMILES string of the molecule is CCOC(=O)CCN(C)CCCOc1ccccc1. The molecule has 0 radical (unpaired) electrons. The molecule has 19 heavy (non-hydrogen) atoms. The second kappa shape index (κ2) is 9.39. The van der Waals surface area contributed by atoms with Gasteiger partial charge in [0.25, 0.3) is 0 Å². The van der Waals surface area contributed by atoms with Crippen molar-refractivity contribution in [3.8, 4) is 5.75 Å². The van der Waals surface area contributed by atoms with E-state index >= 15 is 0 Å². The minimum Gasteiger partial charge on any atom is -0.494 e. The lowest BCUT2D eigenvalue weighted by molar-refractivity contribution is -0.143. The van der Waals surface area contributed by atoms with E-state index in [4.69, 9.17) is 9.47 Å². The van der Waals surface area contributed by atoms with Crippen LogP contribution in [0.25, 0.3) is 0 Å². The number of carbonyl (C=O) groups excluding carboxylic acids is 1. The van der Waals surface area contributed by atoms with Gasteiger partial charge in [-0.25, -0.2) is 0 Å². The quantitative estimate of drug-likeness (QED) is 0.507. The summed E-state index contributed by atoms with van der Waals surface area (Å²) in [5, 5.41) is 0. The van der Waals surface area contributed by atoms with Gasteiger partial charge in [0.2, 0.25) is 0 Å². The summed E-state index contributed by atoms with van der Waals surface area (Å²) in [4.78, 5) is 13.3. The molecule has 4 nitrogen and oxygen atoms in total. The third-order valence-corrected chi connectivity index (χ3v) is 2.70. The Labute approximate surface area is 115 Å². The molecular formula is C15H23NO3. The van der Waals surface area contributed by atoms with Crippen LogP contribution < -0.4 is 4.74 Å². The van der Waals surface area contributed by atoms with Crippen LogP contribution >= 0.6 is 0 Å². The van der Waals surface area contributed by atoms with Crippen LogP contribution in [0.15, 0.2) is 30.3 Å². The molecule has 1 aromatic rings. The molecule has 0 fully saturated rings. The van der Waals surface area contributed by atoms with Crippen LogP contribution in [-0.2, 0) is 9.53 Å². The van der Waals surface area contributed by atoms with Crippen LogP contribution in [0.4, 0.5) is 0 Å². The van der Waals surface area contributed by atoms with Gasteiger partial charge in [-0.1, -0.05) is 18.2 Å². The number of hydrogen-bond acceptors (Lipinski definition) is 4. The Morgan fingerprint density at radius 2 is 1.95 bits per heavy atom. The molecule has 0 aliphatic heterocycles. The highest BCUT2D eigenvalue weighted by Crippen LogP contribution is 2.08. The summed E-state index contributed by atoms with van der Waals surface area (Å²) in [5.41, 5.74) is 0. The lowest BCUT2D eigenvalue weighted by Gasteiger charge is -2.16. The van der Waals surface area contributed by atoms with Gasteiger partial charge in [-0.15, -0.1) is 0 Å². The van der Waals surface area contributed by atoms with Crippen LogP contribution in [0.5, 0.6) is 5.75 Å². The molecule has 0 spiro atoms. The molecule has 0 unspecified atom stereocenters. The summed E-state index contributed by atoms with van der Waals surface area (Å²) in [6.07, 6.45) is 1.39. The number of benzene rings is 1. The Balaban J connectivity index is 2.04. The number of nitrogens with zero attached hydrogens (tertiary/aromatic N) is 1. The van der Waals surface area contributed by atoms with Crippen LogP contribution in [0.3, 0.4) is 0 Å². The number of para-hydroxylation sites is 1. The van der Waals surface area contributed by atoms with Crippen molar-refractivity contribution < 1.29 is 14.3 Å². The molecular weight excluding hydrogens is 242 g/mol. The van der Waals surface area contributed by atoms with Gasteiger partial charge in [0.05, 0.1) is 19.6 Å². The van der Waals surface area contributed by atoms with Crippen LogP contribution in [0.2, 0.25) is 0 Å². The second-order valence-corrected chi connectivity index (χ2v) is 4.37. The molecule has 0 aliphatic rings. The van der Waals surface area contributed by atoms with Crippen LogP contribution in [0.1, 0.15) is 19.8 Å². The van der Waals surface area contributed by atoms with Gasteiger partial charge >= 0.3 is 5.97 Å². The summed E-state index contributed by atoms with van der Waals surface area (Å²) >= 11 is 0. The fourth-order valence-electron chi connectivity index (χ4n) is 1.67. The molecule has 0 bridgehead atoms. The Morgan fingerprint density at radius 1 is 1.21 bits per heavy atom. The van der Waals surface area contributed by atoms with Crippen molar-refractivity contribution in [1.29, 1.82) is 0 Å². The number of hydrogen-bond donors (Lipinski definition) is 0. The molecule has 0 amide bonds. The van der Waals surface area contributed by atoms with E-state index in [9.17, 15) is 4.79 Å². The van der Waals surface area contributed by atoms with E-state index in [-0.39, 0.29) is 5.97 Å². The summed E-state index contributed by atoms with van der Waals surface area (Å²) in [6, 6.07) is 9.78. The van der Waals surface area contributed by atoms with Gasteiger partial charge in [-0.3, -0.25) is 4.79 Å². The predicted molar refractivity (Wildman–Crippen MR) is 75.3 cm³/mol. The van der Waals surface area contributed by atoms with Crippen molar-refractivity contribution >= 4 is 5.97 Å². The van der Waals surface area contributed by atoms with E-state index in [0.29, 0.717) is 19.6 Å². The Kier molecular flexibility index (Phi) is 7.66. The van der Waals surface area contributed by atoms with E-state index < -0.39 is 0 Å². The topological polar surface area (TPSA) is 38.8 Å². The molecule has 106 valence electrons. The molecule has 0 N–H and O–H groups in total. The van der Waals surface area contributed by atoms with E-state index in [0.717, 1.165) is 25.3 Å². The lowest BCUT2D eigenvalue weighted by atomic mass is 10.3. The van der Waals surface area contributed by atoms with Gasteiger partial charge in [-0.05, 0) is 32.5 Å². The number of esters is 1. The largest absolute Gasteiger partial charge is 0.494 e. The van der Waals surface area contributed by atoms with Crippen LogP contribution in [0, 0.1) is 0 Å². The third kappa shape index (κ3) is 7.47. The first-order chi connectivity index (χ1) is 9.22. The molecule has 0 atom stereocenters. The maximum absolute atomic E-state index is 11.2. The lowest BCUT2D eigenvalue weighted by Crippen LogP contribution is -2.24. The standard InChI is InChI=1S/C15H23NO3/c1-3-18-15(17)10-12-16(2)11-7-13-19-14-8-5-4-6-9-14/h4-6,8-9H,3,7,10-13H2,1-2H3. The van der Waals surface area contributed by atoms with E-state index in [1.165, 1.54) is 0 Å². The Hall–Kier alpha value is -1.55. The minimum absolute atomic E-state index is 0.130. The molecule has 0 aliphatic carbocycles. The molecule has 4 heteroatoms.